The minimum atomic E-state index is -3.73. The summed E-state index contributed by atoms with van der Waals surface area (Å²) in [6.45, 7) is 7.33. The average molecular weight is 493 g/mol. The van der Waals surface area contributed by atoms with Gasteiger partial charge in [0.05, 0.1) is 10.6 Å². The fourth-order valence-corrected chi connectivity index (χ4v) is 6.17. The van der Waals surface area contributed by atoms with Crippen LogP contribution in [0, 0.1) is 13.8 Å². The van der Waals surface area contributed by atoms with Crippen LogP contribution < -0.4 is 10.2 Å². The number of amides is 2. The molecule has 1 heterocycles. The molecule has 0 aliphatic carbocycles. The van der Waals surface area contributed by atoms with Crippen LogP contribution in [-0.2, 0) is 25.8 Å². The van der Waals surface area contributed by atoms with Crippen molar-refractivity contribution < 1.29 is 18.0 Å². The van der Waals surface area contributed by atoms with Crippen molar-refractivity contribution in [3.05, 3.63) is 51.5 Å². The quantitative estimate of drug-likeness (QED) is 0.678. The summed E-state index contributed by atoms with van der Waals surface area (Å²) in [7, 11) is -3.73. The lowest BCUT2D eigenvalue weighted by molar-refractivity contribution is -0.117. The monoisotopic (exact) mass is 492 g/mol. The first kappa shape index (κ1) is 22.5. The Balaban J connectivity index is 1.77. The highest BCUT2D eigenvalue weighted by Crippen LogP contribution is 2.38. The minimum Gasteiger partial charge on any atom is -0.326 e. The Morgan fingerprint density at radius 3 is 2.50 bits per heavy atom. The van der Waals surface area contributed by atoms with Crippen molar-refractivity contribution in [3.8, 4) is 0 Å². The topological polar surface area (TPSA) is 83.6 Å². The fourth-order valence-electron chi connectivity index (χ4n) is 3.72. The number of carbonyl (C=O) groups excluding carboxylic acids is 2. The van der Waals surface area contributed by atoms with Gasteiger partial charge in [-0.1, -0.05) is 6.07 Å². The maximum atomic E-state index is 13.0. The van der Waals surface area contributed by atoms with Crippen molar-refractivity contribution in [2.45, 2.75) is 51.5 Å². The summed E-state index contributed by atoms with van der Waals surface area (Å²) in [5.41, 5.74) is 4.36. The number of hydrogen-bond donors (Lipinski definition) is 1. The zero-order valence-electron chi connectivity index (χ0n) is 17.5. The molecule has 0 radical (unpaired) electrons. The van der Waals surface area contributed by atoms with E-state index in [-0.39, 0.29) is 34.9 Å². The van der Waals surface area contributed by atoms with Crippen LogP contribution in [0.15, 0.2) is 39.7 Å². The molecule has 0 aromatic heterocycles. The Bertz CT molecular complexity index is 1130. The number of sulfone groups is 1. The third-order valence-corrected chi connectivity index (χ3v) is 8.08. The van der Waals surface area contributed by atoms with Crippen LogP contribution in [-0.4, -0.2) is 32.0 Å². The SMILES string of the molecule is CC(=O)N1c2cc(S(=O)(=O)CCC(=O)Nc3ccc(C)c(C)c3)c(Br)cc2CC1C. The van der Waals surface area contributed by atoms with Gasteiger partial charge in [0, 0.05) is 35.2 Å². The summed E-state index contributed by atoms with van der Waals surface area (Å²) in [4.78, 5) is 26.0. The second kappa shape index (κ2) is 8.51. The molecule has 6 nitrogen and oxygen atoms in total. The molecule has 1 aliphatic rings. The van der Waals surface area contributed by atoms with Gasteiger partial charge >= 0.3 is 0 Å². The van der Waals surface area contributed by atoms with Crippen LogP contribution in [0.3, 0.4) is 0 Å². The van der Waals surface area contributed by atoms with Crippen LogP contribution in [0.25, 0.3) is 0 Å². The average Bonchev–Trinajstić information content (AvgIpc) is 2.97. The Labute approximate surface area is 185 Å². The molecule has 0 bridgehead atoms. The highest BCUT2D eigenvalue weighted by Gasteiger charge is 2.32. The fraction of sp³-hybridized carbons (Fsp3) is 0.364. The highest BCUT2D eigenvalue weighted by atomic mass is 79.9. The lowest BCUT2D eigenvalue weighted by atomic mass is 10.1. The number of nitrogens with one attached hydrogen (secondary N) is 1. The number of nitrogens with zero attached hydrogens (tertiary/aromatic N) is 1. The molecule has 1 N–H and O–H groups in total. The lowest BCUT2D eigenvalue weighted by Crippen LogP contribution is -2.33. The van der Waals surface area contributed by atoms with E-state index in [1.54, 1.807) is 23.1 Å². The molecule has 1 aliphatic heterocycles. The van der Waals surface area contributed by atoms with E-state index in [4.69, 9.17) is 0 Å². The van der Waals surface area contributed by atoms with Crippen molar-refractivity contribution in [3.63, 3.8) is 0 Å². The van der Waals surface area contributed by atoms with Gasteiger partial charge in [-0.2, -0.15) is 0 Å². The molecule has 0 spiro atoms. The number of aryl methyl sites for hydroxylation is 2. The summed E-state index contributed by atoms with van der Waals surface area (Å²) in [5, 5.41) is 2.75. The Morgan fingerprint density at radius 1 is 1.17 bits per heavy atom. The summed E-state index contributed by atoms with van der Waals surface area (Å²) >= 11 is 3.35. The maximum Gasteiger partial charge on any atom is 0.225 e. The predicted molar refractivity (Wildman–Crippen MR) is 122 cm³/mol. The van der Waals surface area contributed by atoms with Crippen LogP contribution >= 0.6 is 15.9 Å². The second-order valence-electron chi connectivity index (χ2n) is 7.77. The lowest BCUT2D eigenvalue weighted by Gasteiger charge is -2.21. The first-order valence-corrected chi connectivity index (χ1v) is 12.2. The number of halogens is 1. The van der Waals surface area contributed by atoms with Gasteiger partial charge in [-0.3, -0.25) is 9.59 Å². The molecule has 8 heteroatoms. The molecule has 30 heavy (non-hydrogen) atoms. The van der Waals surface area contributed by atoms with Gasteiger partial charge in [-0.25, -0.2) is 8.42 Å². The number of benzene rings is 2. The van der Waals surface area contributed by atoms with Crippen LogP contribution in [0.2, 0.25) is 0 Å². The van der Waals surface area contributed by atoms with E-state index in [9.17, 15) is 18.0 Å². The van der Waals surface area contributed by atoms with Gasteiger partial charge < -0.3 is 10.2 Å². The van der Waals surface area contributed by atoms with E-state index in [0.717, 1.165) is 16.7 Å². The van der Waals surface area contributed by atoms with Crippen LogP contribution in [0.1, 0.15) is 37.0 Å². The Morgan fingerprint density at radius 2 is 1.87 bits per heavy atom. The van der Waals surface area contributed by atoms with Crippen molar-refractivity contribution in [2.75, 3.05) is 16.0 Å². The highest BCUT2D eigenvalue weighted by molar-refractivity contribution is 9.10. The summed E-state index contributed by atoms with van der Waals surface area (Å²) < 4.78 is 26.4. The minimum absolute atomic E-state index is 0.0221. The van der Waals surface area contributed by atoms with Gasteiger partial charge in [-0.05, 0) is 84.1 Å². The second-order valence-corrected chi connectivity index (χ2v) is 10.7. The van der Waals surface area contributed by atoms with Gasteiger partial charge in [0.15, 0.2) is 9.84 Å². The van der Waals surface area contributed by atoms with E-state index in [2.05, 4.69) is 21.2 Å². The third-order valence-electron chi connectivity index (χ3n) is 5.41. The zero-order valence-corrected chi connectivity index (χ0v) is 19.9. The number of carbonyl (C=O) groups is 2. The summed E-state index contributed by atoms with van der Waals surface area (Å²) in [5.74, 6) is -0.811. The third kappa shape index (κ3) is 4.59. The normalized spacial score (nSPS) is 15.8. The number of fused-ring (bicyclic) bond motifs is 1. The molecule has 1 unspecified atom stereocenters. The smallest absolute Gasteiger partial charge is 0.225 e. The van der Waals surface area contributed by atoms with Gasteiger partial charge in [0.2, 0.25) is 11.8 Å². The first-order chi connectivity index (χ1) is 14.0. The van der Waals surface area contributed by atoms with Gasteiger partial charge in [0.1, 0.15) is 0 Å². The molecule has 0 saturated carbocycles. The maximum absolute atomic E-state index is 13.0. The number of rotatable bonds is 5. The number of anilines is 2. The van der Waals surface area contributed by atoms with Crippen LogP contribution in [0.5, 0.6) is 0 Å². The Kier molecular flexibility index (Phi) is 6.38. The first-order valence-electron chi connectivity index (χ1n) is 9.71. The van der Waals surface area contributed by atoms with E-state index < -0.39 is 9.84 Å². The molecule has 2 amide bonds. The molecule has 2 aromatic rings. The largest absolute Gasteiger partial charge is 0.326 e. The van der Waals surface area contributed by atoms with Crippen LogP contribution in [0.4, 0.5) is 11.4 Å². The summed E-state index contributed by atoms with van der Waals surface area (Å²) in [6, 6.07) is 8.84. The Hall–Kier alpha value is -2.19. The molecular formula is C22H25BrN2O4S. The van der Waals surface area contributed by atoms with Crippen molar-refractivity contribution in [1.29, 1.82) is 0 Å². The van der Waals surface area contributed by atoms with Gasteiger partial charge in [0.25, 0.3) is 0 Å². The predicted octanol–water partition coefficient (Wildman–Crippen LogP) is 4.17. The van der Waals surface area contributed by atoms with Gasteiger partial charge in [-0.15, -0.1) is 0 Å². The molecule has 0 fully saturated rings. The molecule has 2 aromatic carbocycles. The van der Waals surface area contributed by atoms with Crippen molar-refractivity contribution in [2.24, 2.45) is 0 Å². The molecular weight excluding hydrogens is 468 g/mol. The van der Waals surface area contributed by atoms with E-state index in [1.165, 1.54) is 6.92 Å². The zero-order chi connectivity index (χ0) is 22.2. The molecule has 160 valence electrons. The van der Waals surface area contributed by atoms with Crippen molar-refractivity contribution in [1.82, 2.24) is 0 Å². The van der Waals surface area contributed by atoms with Crippen molar-refractivity contribution >= 4 is 49.0 Å². The molecule has 0 saturated heterocycles. The van der Waals surface area contributed by atoms with E-state index in [1.807, 2.05) is 32.9 Å². The number of hydrogen-bond acceptors (Lipinski definition) is 4. The molecule has 1 atom stereocenters. The summed E-state index contributed by atoms with van der Waals surface area (Å²) in [6.07, 6.45) is 0.512. The molecule has 3 rings (SSSR count). The van der Waals surface area contributed by atoms with E-state index in [0.29, 0.717) is 22.3 Å². The standard InChI is InChI=1S/C22H25BrN2O4S/c1-13-5-6-18(9-14(13)2)24-22(27)7-8-30(28,29)21-12-20-17(11-19(21)23)10-15(3)25(20)16(4)26/h5-6,9,11-12,15H,7-8,10H2,1-4H3,(H,24,27). The van der Waals surface area contributed by atoms with E-state index >= 15 is 0 Å².